The molecule has 0 aromatic carbocycles. The molecule has 6 nitrogen and oxygen atoms in total. The van der Waals surface area contributed by atoms with Gasteiger partial charge < -0.3 is 9.72 Å². The second-order valence-corrected chi connectivity index (χ2v) is 13.7. The van der Waals surface area contributed by atoms with Gasteiger partial charge >= 0.3 is 0 Å². The van der Waals surface area contributed by atoms with E-state index >= 15 is 0 Å². The zero-order chi connectivity index (χ0) is 24.9. The Morgan fingerprint density at radius 2 is 1.92 bits per heavy atom. The summed E-state index contributed by atoms with van der Waals surface area (Å²) in [5.41, 5.74) is 10.1. The van der Waals surface area contributed by atoms with Gasteiger partial charge in [-0.1, -0.05) is 13.8 Å². The Hall–Kier alpha value is -2.22. The van der Waals surface area contributed by atoms with E-state index < -0.39 is 0 Å². The quantitative estimate of drug-likeness (QED) is 0.337. The molecular formula is C30H39N5OS. The number of ether oxygens (including phenoxy) is 1. The minimum atomic E-state index is 0. The summed E-state index contributed by atoms with van der Waals surface area (Å²) in [5.74, 6) is 1.17. The van der Waals surface area contributed by atoms with Crippen LogP contribution in [0.15, 0.2) is 12.5 Å². The Bertz CT molecular complexity index is 1510. The van der Waals surface area contributed by atoms with E-state index in [-0.39, 0.29) is 1.43 Å². The first kappa shape index (κ1) is 22.7. The van der Waals surface area contributed by atoms with E-state index in [4.69, 9.17) is 4.74 Å². The van der Waals surface area contributed by atoms with Crippen LogP contribution in [0.1, 0.15) is 86.3 Å². The van der Waals surface area contributed by atoms with Crippen LogP contribution in [0.25, 0.3) is 27.1 Å². The monoisotopic (exact) mass is 517 g/mol. The number of nitrogens with one attached hydrogen (secondary N) is 1. The topological polar surface area (TPSA) is 58.5 Å². The largest absolute Gasteiger partial charge is 0.380 e. The van der Waals surface area contributed by atoms with E-state index in [0.717, 1.165) is 37.7 Å². The number of thiophene rings is 1. The number of H-pyrrole nitrogens is 1. The van der Waals surface area contributed by atoms with Gasteiger partial charge in [-0.2, -0.15) is 5.10 Å². The van der Waals surface area contributed by atoms with E-state index in [1.807, 2.05) is 15.9 Å². The molecule has 2 aliphatic heterocycles. The van der Waals surface area contributed by atoms with Crippen molar-refractivity contribution < 1.29 is 6.16 Å². The molecule has 4 aliphatic rings. The zero-order valence-corrected chi connectivity index (χ0v) is 23.1. The molecule has 0 radical (unpaired) electrons. The molecule has 8 rings (SSSR count). The molecule has 0 amide bonds. The molecule has 2 saturated heterocycles. The Labute approximate surface area is 223 Å². The van der Waals surface area contributed by atoms with Crippen molar-refractivity contribution in [1.82, 2.24) is 24.5 Å². The first-order valence-corrected chi connectivity index (χ1v) is 15.1. The molecule has 196 valence electrons. The maximum Gasteiger partial charge on any atom is 0.158 e. The fraction of sp³-hybridized carbons (Fsp3) is 0.600. The molecule has 2 aliphatic carbocycles. The summed E-state index contributed by atoms with van der Waals surface area (Å²) in [7, 11) is 0. The van der Waals surface area contributed by atoms with Crippen molar-refractivity contribution in [3.05, 3.63) is 39.7 Å². The lowest BCUT2D eigenvalue weighted by atomic mass is 9.74. The van der Waals surface area contributed by atoms with Crippen LogP contribution in [0.3, 0.4) is 0 Å². The maximum absolute atomic E-state index is 5.49. The van der Waals surface area contributed by atoms with Gasteiger partial charge in [-0.05, 0) is 80.4 Å². The van der Waals surface area contributed by atoms with Crippen LogP contribution in [0.2, 0.25) is 0 Å². The summed E-state index contributed by atoms with van der Waals surface area (Å²) in [6.45, 7) is 11.6. The fourth-order valence-corrected chi connectivity index (χ4v) is 9.44. The number of aryl methyl sites for hydroxylation is 2. The van der Waals surface area contributed by atoms with E-state index in [9.17, 15) is 0 Å². The number of hydrogen-bond donors (Lipinski definition) is 1. The van der Waals surface area contributed by atoms with Crippen molar-refractivity contribution in [3.63, 3.8) is 0 Å². The van der Waals surface area contributed by atoms with Gasteiger partial charge in [0, 0.05) is 53.6 Å². The van der Waals surface area contributed by atoms with Crippen molar-refractivity contribution in [1.29, 1.82) is 0 Å². The highest BCUT2D eigenvalue weighted by atomic mass is 32.1. The van der Waals surface area contributed by atoms with Crippen LogP contribution in [-0.4, -0.2) is 56.8 Å². The zero-order valence-electron chi connectivity index (χ0n) is 22.3. The van der Waals surface area contributed by atoms with E-state index in [0.29, 0.717) is 17.3 Å². The second-order valence-electron chi connectivity index (χ2n) is 12.6. The second kappa shape index (κ2) is 8.14. The Kier molecular flexibility index (Phi) is 5.00. The molecule has 4 aromatic heterocycles. The van der Waals surface area contributed by atoms with Crippen molar-refractivity contribution in [2.24, 2.45) is 5.41 Å². The molecule has 7 heteroatoms. The Balaban J connectivity index is 0.00000242. The van der Waals surface area contributed by atoms with E-state index in [1.165, 1.54) is 88.9 Å². The summed E-state index contributed by atoms with van der Waals surface area (Å²) < 4.78 is 7.48. The van der Waals surface area contributed by atoms with Crippen LogP contribution in [-0.2, 0) is 17.6 Å². The molecule has 6 heterocycles. The lowest BCUT2D eigenvalue weighted by Crippen LogP contribution is -2.68. The number of aromatic nitrogens is 4. The number of aromatic amines is 1. The maximum atomic E-state index is 5.49. The third-order valence-corrected chi connectivity index (χ3v) is 11.3. The third-order valence-electron chi connectivity index (χ3n) is 9.92. The summed E-state index contributed by atoms with van der Waals surface area (Å²) in [6, 6.07) is 0.791. The average Bonchev–Trinajstić information content (AvgIpc) is 3.61. The Morgan fingerprint density at radius 1 is 1.14 bits per heavy atom. The highest BCUT2D eigenvalue weighted by molar-refractivity contribution is 7.19. The summed E-state index contributed by atoms with van der Waals surface area (Å²) in [5, 5.41) is 6.01. The minimum absolute atomic E-state index is 0. The number of hydrogen-bond acceptors (Lipinski definition) is 5. The third kappa shape index (κ3) is 3.29. The lowest BCUT2D eigenvalue weighted by Gasteiger charge is -2.58. The van der Waals surface area contributed by atoms with Crippen LogP contribution in [0, 0.1) is 12.3 Å². The summed E-state index contributed by atoms with van der Waals surface area (Å²) in [6.07, 6.45) is 12.7. The van der Waals surface area contributed by atoms with Gasteiger partial charge in [0.25, 0.3) is 0 Å². The van der Waals surface area contributed by atoms with Gasteiger partial charge in [0.05, 0.1) is 18.9 Å². The highest BCUT2D eigenvalue weighted by Gasteiger charge is 2.51. The molecule has 0 bridgehead atoms. The van der Waals surface area contributed by atoms with Crippen molar-refractivity contribution in [2.75, 3.05) is 26.3 Å². The fourth-order valence-electron chi connectivity index (χ4n) is 8.04. The van der Waals surface area contributed by atoms with E-state index in [1.54, 1.807) is 11.2 Å². The predicted molar refractivity (Wildman–Crippen MR) is 151 cm³/mol. The van der Waals surface area contributed by atoms with Crippen molar-refractivity contribution >= 4 is 27.2 Å². The predicted octanol–water partition coefficient (Wildman–Crippen LogP) is 6.46. The summed E-state index contributed by atoms with van der Waals surface area (Å²) in [4.78, 5) is 14.3. The standard InChI is InChI=1S/C30H37N5OS.H2/c1-17(2)24-25-18(3)27(19-7-9-20(10-8-19)34-12-30(13-34)14-36-15-30)37-29(25)33-26(24)23-11-35-28(31-16-32-35)22-6-4-5-21(22)23;/h11,16-17,19-20,33H,4-10,12-15H2,1-3H3;1H. The number of likely N-dealkylation sites (tertiary alicyclic amines) is 1. The number of nitrogens with zero attached hydrogens (tertiary/aromatic N) is 4. The van der Waals surface area contributed by atoms with Crippen LogP contribution in [0.5, 0.6) is 0 Å². The van der Waals surface area contributed by atoms with Crippen LogP contribution in [0.4, 0.5) is 0 Å². The van der Waals surface area contributed by atoms with Gasteiger partial charge in [0.1, 0.15) is 11.2 Å². The van der Waals surface area contributed by atoms with E-state index in [2.05, 4.69) is 46.9 Å². The van der Waals surface area contributed by atoms with Crippen LogP contribution >= 0.6 is 11.3 Å². The SMILES string of the molecule is Cc1c(C2CCC(N3CC4(COC4)C3)CC2)sc2[nH]c(-c3cn4ncnc4c4c3CCC4)c(C(C)C)c12.[HH]. The molecule has 0 atom stereocenters. The minimum Gasteiger partial charge on any atom is -0.380 e. The van der Waals surface area contributed by atoms with Gasteiger partial charge in [-0.25, -0.2) is 9.50 Å². The molecule has 1 N–H and O–H groups in total. The molecule has 37 heavy (non-hydrogen) atoms. The number of fused-ring (bicyclic) bond motifs is 4. The smallest absolute Gasteiger partial charge is 0.158 e. The molecule has 0 unspecified atom stereocenters. The van der Waals surface area contributed by atoms with Gasteiger partial charge in [0.2, 0.25) is 0 Å². The molecule has 1 saturated carbocycles. The highest BCUT2D eigenvalue weighted by Crippen LogP contribution is 2.49. The van der Waals surface area contributed by atoms with Crippen LogP contribution < -0.4 is 0 Å². The van der Waals surface area contributed by atoms with Gasteiger partial charge in [-0.15, -0.1) is 11.3 Å². The first-order valence-electron chi connectivity index (χ1n) is 14.3. The normalized spacial score (nSPS) is 25.3. The molecular weight excluding hydrogens is 478 g/mol. The number of pyridine rings is 1. The number of rotatable bonds is 4. The summed E-state index contributed by atoms with van der Waals surface area (Å²) >= 11 is 2.04. The molecule has 4 aromatic rings. The van der Waals surface area contributed by atoms with Crippen molar-refractivity contribution in [2.45, 2.75) is 83.6 Å². The molecule has 1 spiro atoms. The van der Waals surface area contributed by atoms with Gasteiger partial charge in [0.15, 0.2) is 5.65 Å². The Morgan fingerprint density at radius 3 is 2.65 bits per heavy atom. The van der Waals surface area contributed by atoms with Gasteiger partial charge in [-0.3, -0.25) is 4.90 Å². The average molecular weight is 518 g/mol. The first-order chi connectivity index (χ1) is 18.0. The lowest BCUT2D eigenvalue weighted by molar-refractivity contribution is -0.200. The molecule has 3 fully saturated rings. The van der Waals surface area contributed by atoms with Crippen molar-refractivity contribution in [3.8, 4) is 11.3 Å².